The lowest BCUT2D eigenvalue weighted by Gasteiger charge is -2.18. The van der Waals surface area contributed by atoms with Gasteiger partial charge >= 0.3 is 0 Å². The molecule has 2 aliphatic rings. The van der Waals surface area contributed by atoms with Gasteiger partial charge in [0, 0.05) is 32.9 Å². The van der Waals surface area contributed by atoms with Crippen LogP contribution in [0.2, 0.25) is 0 Å². The highest BCUT2D eigenvalue weighted by atomic mass is 16.2. The predicted molar refractivity (Wildman–Crippen MR) is 105 cm³/mol. The van der Waals surface area contributed by atoms with E-state index in [1.54, 1.807) is 29.2 Å². The molecule has 0 saturated carbocycles. The summed E-state index contributed by atoms with van der Waals surface area (Å²) in [7, 11) is 3.56. The monoisotopic (exact) mass is 367 g/mol. The summed E-state index contributed by atoms with van der Waals surface area (Å²) in [6, 6.07) is 7.16. The molecule has 0 aliphatic carbocycles. The summed E-state index contributed by atoms with van der Waals surface area (Å²) in [4.78, 5) is 35.0. The zero-order valence-corrected chi connectivity index (χ0v) is 15.8. The zero-order chi connectivity index (χ0) is 19.4. The number of fused-ring (bicyclic) bond motifs is 2. The fraction of sp³-hybridized carbons (Fsp3) is 0.400. The van der Waals surface area contributed by atoms with Gasteiger partial charge in [0.2, 0.25) is 11.8 Å². The molecule has 7 nitrogen and oxygen atoms in total. The Bertz CT molecular complexity index is 839. The summed E-state index contributed by atoms with van der Waals surface area (Å²) in [5.41, 5.74) is 9.56. The Morgan fingerprint density at radius 3 is 2.19 bits per heavy atom. The second-order valence-electron chi connectivity index (χ2n) is 6.79. The molecule has 0 radical (unpaired) electrons. The molecule has 0 saturated heterocycles. The topological polar surface area (TPSA) is 92.4 Å². The molecule has 1 atom stereocenters. The Hall–Kier alpha value is -2.80. The van der Waals surface area contributed by atoms with Crippen LogP contribution in [0.25, 0.3) is 0 Å². The molecule has 0 spiro atoms. The van der Waals surface area contributed by atoms with Crippen molar-refractivity contribution in [2.75, 3.05) is 23.9 Å². The van der Waals surface area contributed by atoms with Gasteiger partial charge in [0.1, 0.15) is 0 Å². The van der Waals surface area contributed by atoms with Crippen LogP contribution in [0, 0.1) is 0 Å². The highest BCUT2D eigenvalue weighted by Crippen LogP contribution is 2.24. The van der Waals surface area contributed by atoms with Crippen molar-refractivity contribution in [1.29, 1.82) is 0 Å². The molecule has 0 aromatic carbocycles. The first-order valence-corrected chi connectivity index (χ1v) is 9.16. The van der Waals surface area contributed by atoms with E-state index in [2.05, 4.69) is 9.97 Å². The molecular formula is C20H25N5O2. The summed E-state index contributed by atoms with van der Waals surface area (Å²) < 4.78 is 0. The number of anilines is 2. The zero-order valence-electron chi connectivity index (χ0n) is 15.8. The van der Waals surface area contributed by atoms with E-state index < -0.39 is 6.04 Å². The average Bonchev–Trinajstić information content (AvgIpc) is 2.90. The number of nitrogens with zero attached hydrogens (tertiary/aromatic N) is 4. The van der Waals surface area contributed by atoms with Crippen molar-refractivity contribution in [3.8, 4) is 0 Å². The molecule has 2 aromatic rings. The predicted octanol–water partition coefficient (Wildman–Crippen LogP) is 1.70. The molecular weight excluding hydrogens is 342 g/mol. The van der Waals surface area contributed by atoms with E-state index in [4.69, 9.17) is 5.73 Å². The third-order valence-corrected chi connectivity index (χ3v) is 4.97. The first-order valence-electron chi connectivity index (χ1n) is 9.16. The van der Waals surface area contributed by atoms with E-state index in [0.717, 1.165) is 42.0 Å². The molecule has 7 heteroatoms. The van der Waals surface area contributed by atoms with E-state index in [0.29, 0.717) is 12.8 Å². The minimum absolute atomic E-state index is 0.0308. The molecule has 0 fully saturated rings. The maximum atomic E-state index is 11.7. The van der Waals surface area contributed by atoms with E-state index in [1.165, 1.54) is 0 Å². The Morgan fingerprint density at radius 2 is 1.52 bits per heavy atom. The third kappa shape index (κ3) is 4.14. The van der Waals surface area contributed by atoms with Crippen LogP contribution in [0.15, 0.2) is 36.7 Å². The number of amides is 2. The van der Waals surface area contributed by atoms with Gasteiger partial charge in [-0.05, 0) is 49.9 Å². The van der Waals surface area contributed by atoms with Gasteiger partial charge in [-0.1, -0.05) is 0 Å². The van der Waals surface area contributed by atoms with Crippen molar-refractivity contribution in [2.24, 2.45) is 5.73 Å². The lowest BCUT2D eigenvalue weighted by molar-refractivity contribution is -0.119. The molecule has 2 N–H and O–H groups in total. The maximum absolute atomic E-state index is 11.7. The molecule has 2 aliphatic heterocycles. The SMILES string of the molecule is CN1C(=O)C(N)CCc2ncccc21.CN1C(=O)CCCc2ncccc21. The Labute approximate surface area is 159 Å². The summed E-state index contributed by atoms with van der Waals surface area (Å²) in [5, 5.41) is 0. The Balaban J connectivity index is 0.000000156. The van der Waals surface area contributed by atoms with Gasteiger partial charge in [-0.3, -0.25) is 19.6 Å². The standard InChI is InChI=1S/C10H13N3O.C10H12N2O/c1-13-9-3-2-6-12-8(9)5-4-7(11)10(13)14;1-12-9-5-3-7-11-8(9)4-2-6-10(12)13/h2-3,6-7H,4-5,11H2,1H3;3,5,7H,2,4,6H2,1H3. The Kier molecular flexibility index (Phi) is 5.81. The number of hydrogen-bond acceptors (Lipinski definition) is 5. The van der Waals surface area contributed by atoms with E-state index in [9.17, 15) is 9.59 Å². The van der Waals surface area contributed by atoms with Crippen LogP contribution >= 0.6 is 0 Å². The number of aromatic nitrogens is 2. The third-order valence-electron chi connectivity index (χ3n) is 4.97. The largest absolute Gasteiger partial charge is 0.320 e. The van der Waals surface area contributed by atoms with Gasteiger partial charge in [0.25, 0.3) is 0 Å². The highest BCUT2D eigenvalue weighted by molar-refractivity contribution is 5.97. The van der Waals surface area contributed by atoms with Gasteiger partial charge < -0.3 is 15.5 Å². The van der Waals surface area contributed by atoms with Crippen LogP contribution in [-0.2, 0) is 22.4 Å². The number of pyridine rings is 2. The molecule has 2 aromatic heterocycles. The summed E-state index contributed by atoms with van der Waals surface area (Å²) in [5.74, 6) is 0.156. The molecule has 142 valence electrons. The minimum Gasteiger partial charge on any atom is -0.320 e. The minimum atomic E-state index is -0.394. The smallest absolute Gasteiger partial charge is 0.243 e. The summed E-state index contributed by atoms with van der Waals surface area (Å²) in [6.07, 6.45) is 7.42. The second-order valence-corrected chi connectivity index (χ2v) is 6.79. The van der Waals surface area contributed by atoms with E-state index in [1.807, 2.05) is 31.3 Å². The first-order chi connectivity index (χ1) is 13.0. The van der Waals surface area contributed by atoms with Crippen LogP contribution < -0.4 is 15.5 Å². The number of carbonyl (C=O) groups is 2. The molecule has 1 unspecified atom stereocenters. The fourth-order valence-corrected chi connectivity index (χ4v) is 3.35. The van der Waals surface area contributed by atoms with Gasteiger partial charge in [0.05, 0.1) is 28.8 Å². The van der Waals surface area contributed by atoms with Gasteiger partial charge in [-0.15, -0.1) is 0 Å². The molecule has 4 rings (SSSR count). The fourth-order valence-electron chi connectivity index (χ4n) is 3.35. The van der Waals surface area contributed by atoms with Crippen LogP contribution in [0.5, 0.6) is 0 Å². The molecule has 4 heterocycles. The normalized spacial score (nSPS) is 19.3. The second kappa shape index (κ2) is 8.26. The van der Waals surface area contributed by atoms with Gasteiger partial charge in [-0.25, -0.2) is 0 Å². The van der Waals surface area contributed by atoms with E-state index >= 15 is 0 Å². The van der Waals surface area contributed by atoms with Crippen molar-refractivity contribution in [3.05, 3.63) is 48.0 Å². The van der Waals surface area contributed by atoms with Crippen LogP contribution in [0.3, 0.4) is 0 Å². The number of likely N-dealkylation sites (N-methyl/N-ethyl adjacent to an activating group) is 1. The maximum Gasteiger partial charge on any atom is 0.243 e. The van der Waals surface area contributed by atoms with Gasteiger partial charge in [0.15, 0.2) is 0 Å². The molecule has 27 heavy (non-hydrogen) atoms. The highest BCUT2D eigenvalue weighted by Gasteiger charge is 2.25. The number of carbonyl (C=O) groups excluding carboxylic acids is 2. The van der Waals surface area contributed by atoms with Crippen molar-refractivity contribution in [1.82, 2.24) is 9.97 Å². The van der Waals surface area contributed by atoms with Gasteiger partial charge in [-0.2, -0.15) is 0 Å². The average molecular weight is 367 g/mol. The summed E-state index contributed by atoms with van der Waals surface area (Å²) >= 11 is 0. The van der Waals surface area contributed by atoms with Crippen LogP contribution in [-0.4, -0.2) is 41.9 Å². The van der Waals surface area contributed by atoms with Crippen molar-refractivity contribution >= 4 is 23.2 Å². The van der Waals surface area contributed by atoms with Crippen LogP contribution in [0.1, 0.15) is 30.7 Å². The lowest BCUT2D eigenvalue weighted by atomic mass is 10.1. The van der Waals surface area contributed by atoms with Crippen molar-refractivity contribution < 1.29 is 9.59 Å². The number of nitrogens with two attached hydrogens (primary N) is 1. The van der Waals surface area contributed by atoms with E-state index in [-0.39, 0.29) is 11.8 Å². The molecule has 2 amide bonds. The van der Waals surface area contributed by atoms with Crippen molar-refractivity contribution in [3.63, 3.8) is 0 Å². The van der Waals surface area contributed by atoms with Crippen LogP contribution in [0.4, 0.5) is 11.4 Å². The number of hydrogen-bond donors (Lipinski definition) is 1. The van der Waals surface area contributed by atoms with Crippen molar-refractivity contribution in [2.45, 2.75) is 38.1 Å². The molecule has 0 bridgehead atoms. The number of rotatable bonds is 0. The quantitative estimate of drug-likeness (QED) is 0.765. The number of aryl methyl sites for hydroxylation is 2. The first kappa shape index (κ1) is 19.0. The lowest BCUT2D eigenvalue weighted by Crippen LogP contribution is -2.40. The summed E-state index contributed by atoms with van der Waals surface area (Å²) in [6.45, 7) is 0. The Morgan fingerprint density at radius 1 is 0.926 bits per heavy atom.